The molecule has 0 atom stereocenters. The third kappa shape index (κ3) is 6.33. The molecule has 8 heteroatoms. The number of benzene rings is 2. The summed E-state index contributed by atoms with van der Waals surface area (Å²) in [6, 6.07) is 12.2. The zero-order chi connectivity index (χ0) is 20.0. The number of hydrogen-bond donors (Lipinski definition) is 3. The van der Waals surface area contributed by atoms with Crippen molar-refractivity contribution in [3.63, 3.8) is 0 Å². The maximum atomic E-state index is 12.5. The van der Waals surface area contributed by atoms with E-state index in [1.54, 1.807) is 30.3 Å². The van der Waals surface area contributed by atoms with Crippen molar-refractivity contribution >= 4 is 45.1 Å². The third-order valence-electron chi connectivity index (χ3n) is 3.38. The van der Waals surface area contributed by atoms with Crippen LogP contribution in [-0.4, -0.2) is 23.0 Å². The molecule has 0 saturated carbocycles. The predicted molar refractivity (Wildman–Crippen MR) is 112 cm³/mol. The van der Waals surface area contributed by atoms with Crippen LogP contribution in [0.3, 0.4) is 0 Å². The Bertz CT molecular complexity index is 854. The molecule has 0 bridgehead atoms. The van der Waals surface area contributed by atoms with Crippen molar-refractivity contribution in [1.82, 2.24) is 16.2 Å². The van der Waals surface area contributed by atoms with Gasteiger partial charge in [-0.2, -0.15) is 0 Å². The molecule has 0 unspecified atom stereocenters. The van der Waals surface area contributed by atoms with Crippen molar-refractivity contribution in [2.75, 3.05) is 0 Å². The molecule has 2 aromatic carbocycles. The van der Waals surface area contributed by atoms with Crippen LogP contribution in [0.5, 0.6) is 5.75 Å². The van der Waals surface area contributed by atoms with E-state index in [1.807, 2.05) is 32.9 Å². The van der Waals surface area contributed by atoms with Gasteiger partial charge in [-0.15, -0.1) is 0 Å². The summed E-state index contributed by atoms with van der Waals surface area (Å²) in [6.07, 6.45) is -0.0865. The first kappa shape index (κ1) is 20.9. The molecule has 27 heavy (non-hydrogen) atoms. The van der Waals surface area contributed by atoms with Crippen molar-refractivity contribution in [3.05, 3.63) is 63.6 Å². The highest BCUT2D eigenvalue weighted by Crippen LogP contribution is 2.24. The van der Waals surface area contributed by atoms with Crippen LogP contribution >= 0.6 is 28.1 Å². The minimum atomic E-state index is -0.450. The van der Waals surface area contributed by atoms with Gasteiger partial charge in [0, 0.05) is 10.0 Å². The van der Waals surface area contributed by atoms with Gasteiger partial charge in [0.15, 0.2) is 5.11 Å². The first-order valence-electron chi connectivity index (χ1n) is 8.21. The highest BCUT2D eigenvalue weighted by molar-refractivity contribution is 9.10. The summed E-state index contributed by atoms with van der Waals surface area (Å²) in [4.78, 5) is 24.6. The van der Waals surface area contributed by atoms with Crippen LogP contribution in [-0.2, 0) is 0 Å². The number of rotatable bonds is 4. The number of carbonyl (C=O) groups excluding carboxylic acids is 2. The number of hydrogen-bond acceptors (Lipinski definition) is 4. The molecule has 0 aliphatic heterocycles. The molecule has 2 aromatic rings. The van der Waals surface area contributed by atoms with Crippen molar-refractivity contribution in [2.45, 2.75) is 26.9 Å². The van der Waals surface area contributed by atoms with E-state index in [-0.39, 0.29) is 17.1 Å². The second kappa shape index (κ2) is 9.48. The van der Waals surface area contributed by atoms with E-state index >= 15 is 0 Å². The van der Waals surface area contributed by atoms with Crippen LogP contribution in [0.25, 0.3) is 0 Å². The van der Waals surface area contributed by atoms with Crippen molar-refractivity contribution < 1.29 is 14.3 Å². The van der Waals surface area contributed by atoms with Gasteiger partial charge in [-0.3, -0.25) is 25.8 Å². The number of carbonyl (C=O) groups is 2. The molecule has 0 aromatic heterocycles. The van der Waals surface area contributed by atoms with E-state index in [4.69, 9.17) is 17.0 Å². The van der Waals surface area contributed by atoms with Crippen LogP contribution in [0, 0.1) is 6.92 Å². The number of aryl methyl sites for hydroxylation is 1. The molecule has 2 amide bonds. The first-order chi connectivity index (χ1) is 12.8. The third-order valence-corrected chi connectivity index (χ3v) is 4.08. The lowest BCUT2D eigenvalue weighted by Crippen LogP contribution is -2.48. The fraction of sp³-hybridized carbons (Fsp3) is 0.211. The van der Waals surface area contributed by atoms with Crippen LogP contribution in [0.15, 0.2) is 46.9 Å². The predicted octanol–water partition coefficient (Wildman–Crippen LogP) is 3.49. The summed E-state index contributed by atoms with van der Waals surface area (Å²) in [5.74, 6) is -0.371. The number of thiocarbonyl (C=S) groups is 1. The minimum absolute atomic E-state index is 0.0315. The van der Waals surface area contributed by atoms with Gasteiger partial charge in [0.25, 0.3) is 11.8 Å². The Labute approximate surface area is 171 Å². The molecule has 0 heterocycles. The fourth-order valence-electron chi connectivity index (χ4n) is 2.13. The van der Waals surface area contributed by atoms with Gasteiger partial charge in [0.1, 0.15) is 5.75 Å². The molecule has 2 rings (SSSR count). The van der Waals surface area contributed by atoms with Gasteiger partial charge < -0.3 is 4.74 Å². The Kier molecular flexibility index (Phi) is 7.32. The van der Waals surface area contributed by atoms with Crippen LogP contribution in [0.1, 0.15) is 40.1 Å². The smallest absolute Gasteiger partial charge is 0.269 e. The summed E-state index contributed by atoms with van der Waals surface area (Å²) in [5.41, 5.74) is 6.82. The quantitative estimate of drug-likeness (QED) is 0.491. The molecular formula is C19H20BrN3O3S. The van der Waals surface area contributed by atoms with Gasteiger partial charge in [0.05, 0.1) is 11.7 Å². The maximum absolute atomic E-state index is 12.5. The number of ether oxygens (including phenoxy) is 1. The molecule has 3 N–H and O–H groups in total. The minimum Gasteiger partial charge on any atom is -0.490 e. The summed E-state index contributed by atoms with van der Waals surface area (Å²) in [6.45, 7) is 5.68. The standard InChI is InChI=1S/C19H20BrN3O3S/c1-11(2)26-16-9-8-14(20)10-15(16)18(25)21-19(27)23-22-17(24)13-6-4-12(3)5-7-13/h4-11H,1-3H3,(H,22,24)(H2,21,23,25,27). The van der Waals surface area contributed by atoms with E-state index in [9.17, 15) is 9.59 Å². The van der Waals surface area contributed by atoms with Crippen molar-refractivity contribution in [2.24, 2.45) is 0 Å². The molecule has 0 aliphatic carbocycles. The summed E-state index contributed by atoms with van der Waals surface area (Å²) in [5, 5.41) is 2.49. The molecule has 0 saturated heterocycles. The van der Waals surface area contributed by atoms with E-state index < -0.39 is 5.91 Å². The number of halogens is 1. The maximum Gasteiger partial charge on any atom is 0.269 e. The number of hydrazine groups is 1. The Hall–Kier alpha value is -2.45. The Balaban J connectivity index is 1.97. The molecule has 0 spiro atoms. The average molecular weight is 450 g/mol. The van der Waals surface area contributed by atoms with E-state index in [0.717, 1.165) is 10.0 Å². The molecule has 142 valence electrons. The second-order valence-electron chi connectivity index (χ2n) is 6.04. The zero-order valence-electron chi connectivity index (χ0n) is 15.1. The van der Waals surface area contributed by atoms with Gasteiger partial charge in [-0.25, -0.2) is 0 Å². The van der Waals surface area contributed by atoms with E-state index in [2.05, 4.69) is 32.1 Å². The molecule has 0 radical (unpaired) electrons. The molecule has 0 aliphatic rings. The summed E-state index contributed by atoms with van der Waals surface area (Å²) >= 11 is 8.41. The Morgan fingerprint density at radius 1 is 1.04 bits per heavy atom. The fourth-order valence-corrected chi connectivity index (χ4v) is 2.63. The van der Waals surface area contributed by atoms with Gasteiger partial charge >= 0.3 is 0 Å². The molecular weight excluding hydrogens is 430 g/mol. The number of nitrogens with one attached hydrogen (secondary N) is 3. The van der Waals surface area contributed by atoms with Crippen LogP contribution in [0.2, 0.25) is 0 Å². The van der Waals surface area contributed by atoms with Crippen molar-refractivity contribution in [1.29, 1.82) is 0 Å². The molecule has 6 nitrogen and oxygen atoms in total. The summed E-state index contributed by atoms with van der Waals surface area (Å²) in [7, 11) is 0. The Morgan fingerprint density at radius 2 is 1.70 bits per heavy atom. The van der Waals surface area contributed by atoms with Gasteiger partial charge in [-0.1, -0.05) is 33.6 Å². The topological polar surface area (TPSA) is 79.5 Å². The molecule has 0 fully saturated rings. The zero-order valence-corrected chi connectivity index (χ0v) is 17.5. The SMILES string of the molecule is Cc1ccc(C(=O)NNC(=S)NC(=O)c2cc(Br)ccc2OC(C)C)cc1. The van der Waals surface area contributed by atoms with Crippen molar-refractivity contribution in [3.8, 4) is 5.75 Å². The van der Waals surface area contributed by atoms with E-state index in [0.29, 0.717) is 16.9 Å². The second-order valence-corrected chi connectivity index (χ2v) is 7.36. The normalized spacial score (nSPS) is 10.3. The highest BCUT2D eigenvalue weighted by atomic mass is 79.9. The monoisotopic (exact) mass is 449 g/mol. The van der Waals surface area contributed by atoms with Crippen LogP contribution < -0.4 is 20.9 Å². The van der Waals surface area contributed by atoms with E-state index in [1.165, 1.54) is 0 Å². The number of amides is 2. The Morgan fingerprint density at radius 3 is 2.33 bits per heavy atom. The first-order valence-corrected chi connectivity index (χ1v) is 9.41. The lowest BCUT2D eigenvalue weighted by atomic mass is 10.1. The lowest BCUT2D eigenvalue weighted by Gasteiger charge is -2.15. The van der Waals surface area contributed by atoms with Crippen LogP contribution in [0.4, 0.5) is 0 Å². The lowest BCUT2D eigenvalue weighted by molar-refractivity contribution is 0.0933. The average Bonchev–Trinajstić information content (AvgIpc) is 2.61. The van der Waals surface area contributed by atoms with Gasteiger partial charge in [-0.05, 0) is 63.3 Å². The largest absolute Gasteiger partial charge is 0.490 e. The van der Waals surface area contributed by atoms with Gasteiger partial charge in [0.2, 0.25) is 0 Å². The summed E-state index contributed by atoms with van der Waals surface area (Å²) < 4.78 is 6.39. The highest BCUT2D eigenvalue weighted by Gasteiger charge is 2.16.